The Bertz CT molecular complexity index is 363. The Morgan fingerprint density at radius 1 is 1.33 bits per heavy atom. The summed E-state index contributed by atoms with van der Waals surface area (Å²) >= 11 is 0. The average Bonchev–Trinajstić information content (AvgIpc) is 2.43. The molecule has 0 amide bonds. The van der Waals surface area contributed by atoms with Crippen LogP contribution in [0.15, 0.2) is 12.1 Å². The van der Waals surface area contributed by atoms with Gasteiger partial charge in [-0.05, 0) is 19.1 Å². The zero-order chi connectivity index (χ0) is 10.8. The van der Waals surface area contributed by atoms with E-state index in [1.807, 2.05) is 6.92 Å². The first-order valence-electron chi connectivity index (χ1n) is 5.07. The first-order valence-corrected chi connectivity index (χ1v) is 5.07. The summed E-state index contributed by atoms with van der Waals surface area (Å²) in [6.45, 7) is 2.99. The summed E-state index contributed by atoms with van der Waals surface area (Å²) in [5, 5.41) is 9.95. The molecular formula is C11H15NO3. The molecule has 0 saturated heterocycles. The van der Waals surface area contributed by atoms with E-state index in [1.54, 1.807) is 12.1 Å². The number of aromatic hydroxyl groups is 1. The van der Waals surface area contributed by atoms with Crippen LogP contribution >= 0.6 is 0 Å². The molecule has 1 aliphatic heterocycles. The van der Waals surface area contributed by atoms with Crippen molar-refractivity contribution in [3.05, 3.63) is 17.7 Å². The van der Waals surface area contributed by atoms with E-state index in [9.17, 15) is 5.11 Å². The third kappa shape index (κ3) is 1.85. The number of ether oxygens (including phenoxy) is 2. The normalized spacial score (nSPS) is 16.9. The Morgan fingerprint density at radius 2 is 2.07 bits per heavy atom. The molecule has 3 N–H and O–H groups in total. The lowest BCUT2D eigenvalue weighted by Crippen LogP contribution is -2.06. The molecule has 1 unspecified atom stereocenters. The molecule has 1 aromatic rings. The van der Waals surface area contributed by atoms with Gasteiger partial charge in [-0.3, -0.25) is 0 Å². The number of benzene rings is 1. The fourth-order valence-corrected chi connectivity index (χ4v) is 1.60. The topological polar surface area (TPSA) is 64.7 Å². The number of rotatable bonds is 1. The molecule has 0 aliphatic carbocycles. The molecule has 4 nitrogen and oxygen atoms in total. The van der Waals surface area contributed by atoms with Gasteiger partial charge in [0.1, 0.15) is 0 Å². The van der Waals surface area contributed by atoms with Crippen molar-refractivity contribution in [3.63, 3.8) is 0 Å². The van der Waals surface area contributed by atoms with Crippen molar-refractivity contribution in [1.82, 2.24) is 0 Å². The van der Waals surface area contributed by atoms with Crippen LogP contribution in [0.2, 0.25) is 0 Å². The highest BCUT2D eigenvalue weighted by Crippen LogP contribution is 2.42. The van der Waals surface area contributed by atoms with Crippen molar-refractivity contribution < 1.29 is 14.6 Å². The van der Waals surface area contributed by atoms with Gasteiger partial charge in [-0.15, -0.1) is 0 Å². The number of fused-ring (bicyclic) bond motifs is 1. The molecule has 2 rings (SSSR count). The van der Waals surface area contributed by atoms with Crippen LogP contribution in [0.3, 0.4) is 0 Å². The van der Waals surface area contributed by atoms with Crippen molar-refractivity contribution in [1.29, 1.82) is 0 Å². The molecule has 1 heterocycles. The number of phenolic OH excluding ortho intramolecular Hbond substituents is 1. The van der Waals surface area contributed by atoms with Gasteiger partial charge in [0.2, 0.25) is 5.75 Å². The van der Waals surface area contributed by atoms with Crippen LogP contribution in [0.25, 0.3) is 0 Å². The minimum Gasteiger partial charge on any atom is -0.504 e. The molecule has 1 atom stereocenters. The van der Waals surface area contributed by atoms with E-state index in [1.165, 1.54) is 0 Å². The molecule has 0 saturated carbocycles. The molecule has 0 fully saturated rings. The van der Waals surface area contributed by atoms with E-state index in [0.29, 0.717) is 30.3 Å². The molecule has 0 bridgehead atoms. The Labute approximate surface area is 88.6 Å². The molecular weight excluding hydrogens is 194 g/mol. The minimum absolute atomic E-state index is 0.101. The van der Waals surface area contributed by atoms with Crippen molar-refractivity contribution in [2.45, 2.75) is 19.4 Å². The third-order valence-electron chi connectivity index (χ3n) is 2.41. The Morgan fingerprint density at radius 3 is 2.80 bits per heavy atom. The van der Waals surface area contributed by atoms with Gasteiger partial charge in [0.25, 0.3) is 0 Å². The van der Waals surface area contributed by atoms with Crippen molar-refractivity contribution >= 4 is 0 Å². The zero-order valence-corrected chi connectivity index (χ0v) is 8.69. The third-order valence-corrected chi connectivity index (χ3v) is 2.41. The predicted octanol–water partition coefficient (Wildman–Crippen LogP) is 1.57. The smallest absolute Gasteiger partial charge is 0.203 e. The van der Waals surface area contributed by atoms with Gasteiger partial charge in [-0.2, -0.15) is 0 Å². The summed E-state index contributed by atoms with van der Waals surface area (Å²) in [7, 11) is 0. The summed E-state index contributed by atoms with van der Waals surface area (Å²) in [5.41, 5.74) is 6.41. The van der Waals surface area contributed by atoms with Crippen LogP contribution in [0.5, 0.6) is 17.2 Å². The first-order chi connectivity index (χ1) is 7.20. The molecule has 0 aromatic heterocycles. The summed E-state index contributed by atoms with van der Waals surface area (Å²) < 4.78 is 10.9. The van der Waals surface area contributed by atoms with Gasteiger partial charge in [0.15, 0.2) is 11.5 Å². The summed E-state index contributed by atoms with van der Waals surface area (Å²) in [5.74, 6) is 1.11. The monoisotopic (exact) mass is 209 g/mol. The van der Waals surface area contributed by atoms with Crippen LogP contribution < -0.4 is 15.2 Å². The lowest BCUT2D eigenvalue weighted by molar-refractivity contribution is 0.291. The maximum Gasteiger partial charge on any atom is 0.203 e. The lowest BCUT2D eigenvalue weighted by atomic mass is 10.1. The van der Waals surface area contributed by atoms with Gasteiger partial charge in [0, 0.05) is 18.0 Å². The van der Waals surface area contributed by atoms with Crippen LogP contribution in [0.4, 0.5) is 0 Å². The largest absolute Gasteiger partial charge is 0.504 e. The van der Waals surface area contributed by atoms with E-state index in [-0.39, 0.29) is 11.8 Å². The second kappa shape index (κ2) is 3.98. The molecule has 0 radical (unpaired) electrons. The van der Waals surface area contributed by atoms with Crippen LogP contribution in [-0.4, -0.2) is 18.3 Å². The highest BCUT2D eigenvalue weighted by Gasteiger charge is 2.19. The highest BCUT2D eigenvalue weighted by molar-refractivity contribution is 5.55. The van der Waals surface area contributed by atoms with Crippen LogP contribution in [0, 0.1) is 0 Å². The van der Waals surface area contributed by atoms with Gasteiger partial charge < -0.3 is 20.3 Å². The number of hydrogen-bond donors (Lipinski definition) is 2. The molecule has 1 aromatic carbocycles. The average molecular weight is 209 g/mol. The van der Waals surface area contributed by atoms with E-state index in [2.05, 4.69) is 0 Å². The van der Waals surface area contributed by atoms with Gasteiger partial charge in [0.05, 0.1) is 13.2 Å². The first kappa shape index (κ1) is 10.1. The Balaban J connectivity index is 2.46. The molecule has 15 heavy (non-hydrogen) atoms. The van der Waals surface area contributed by atoms with Gasteiger partial charge in [-0.1, -0.05) is 0 Å². The van der Waals surface area contributed by atoms with Crippen LogP contribution in [0.1, 0.15) is 24.9 Å². The second-order valence-electron chi connectivity index (χ2n) is 3.67. The van der Waals surface area contributed by atoms with Crippen molar-refractivity contribution in [3.8, 4) is 17.2 Å². The van der Waals surface area contributed by atoms with E-state index in [0.717, 1.165) is 6.42 Å². The fourth-order valence-electron chi connectivity index (χ4n) is 1.60. The second-order valence-corrected chi connectivity index (χ2v) is 3.67. The quantitative estimate of drug-likeness (QED) is 0.737. The fraction of sp³-hybridized carbons (Fsp3) is 0.455. The molecule has 4 heteroatoms. The summed E-state index contributed by atoms with van der Waals surface area (Å²) in [6, 6.07) is 3.34. The van der Waals surface area contributed by atoms with Crippen molar-refractivity contribution in [2.75, 3.05) is 13.2 Å². The molecule has 1 aliphatic rings. The van der Waals surface area contributed by atoms with E-state index in [4.69, 9.17) is 15.2 Å². The standard InChI is InChI=1S/C11H15NO3/c1-7(12)8-3-4-9-11(10(8)13)15-6-2-5-14-9/h3-4,7,13H,2,5-6,12H2,1H3. The van der Waals surface area contributed by atoms with Gasteiger partial charge >= 0.3 is 0 Å². The van der Waals surface area contributed by atoms with Gasteiger partial charge in [-0.25, -0.2) is 0 Å². The minimum atomic E-state index is -0.220. The number of nitrogens with two attached hydrogens (primary N) is 1. The maximum atomic E-state index is 9.95. The number of phenols is 1. The SMILES string of the molecule is CC(N)c1ccc2c(c1O)OCCCO2. The molecule has 82 valence electrons. The van der Waals surface area contributed by atoms with Crippen LogP contribution in [-0.2, 0) is 0 Å². The van der Waals surface area contributed by atoms with Crippen molar-refractivity contribution in [2.24, 2.45) is 5.73 Å². The summed E-state index contributed by atoms with van der Waals surface area (Å²) in [4.78, 5) is 0. The lowest BCUT2D eigenvalue weighted by Gasteiger charge is -2.14. The predicted molar refractivity (Wildman–Crippen MR) is 56.3 cm³/mol. The molecule has 0 spiro atoms. The van der Waals surface area contributed by atoms with E-state index < -0.39 is 0 Å². The Kier molecular flexibility index (Phi) is 2.68. The van der Waals surface area contributed by atoms with E-state index >= 15 is 0 Å². The Hall–Kier alpha value is -1.42. The zero-order valence-electron chi connectivity index (χ0n) is 8.69. The highest BCUT2D eigenvalue weighted by atomic mass is 16.5. The summed E-state index contributed by atoms with van der Waals surface area (Å²) in [6.07, 6.45) is 0.821. The maximum absolute atomic E-state index is 9.95. The number of hydrogen-bond acceptors (Lipinski definition) is 4.